The third kappa shape index (κ3) is 1.55. The van der Waals surface area contributed by atoms with E-state index in [0.29, 0.717) is 5.39 Å². The number of nitrogens with two attached hydrogens (primary N) is 1. The second kappa shape index (κ2) is 3.79. The van der Waals surface area contributed by atoms with E-state index in [-0.39, 0.29) is 17.7 Å². The fourth-order valence-electron chi connectivity index (χ4n) is 1.91. The molecule has 2 aromatic rings. The average molecular weight is 220 g/mol. The zero-order chi connectivity index (χ0) is 11.9. The van der Waals surface area contributed by atoms with Gasteiger partial charge in [0.2, 0.25) is 0 Å². The fraction of sp³-hybridized carbons (Fsp3) is 0.417. The summed E-state index contributed by atoms with van der Waals surface area (Å²) in [5.41, 5.74) is 7.19. The highest BCUT2D eigenvalue weighted by molar-refractivity contribution is 5.82. The Labute approximate surface area is 93.6 Å². The lowest BCUT2D eigenvalue weighted by Crippen LogP contribution is -2.08. The van der Waals surface area contributed by atoms with Crippen molar-refractivity contribution in [3.63, 3.8) is 0 Å². The highest BCUT2D eigenvalue weighted by Crippen LogP contribution is 2.22. The van der Waals surface area contributed by atoms with Gasteiger partial charge in [-0.3, -0.25) is 0 Å². The first kappa shape index (κ1) is 11.0. The summed E-state index contributed by atoms with van der Waals surface area (Å²) in [4.78, 5) is 11.8. The van der Waals surface area contributed by atoms with Gasteiger partial charge in [-0.1, -0.05) is 12.1 Å². The van der Waals surface area contributed by atoms with Crippen molar-refractivity contribution in [3.8, 4) is 0 Å². The number of nitrogens with zero attached hydrogens (tertiary/aromatic N) is 1. The van der Waals surface area contributed by atoms with Crippen molar-refractivity contribution in [2.75, 3.05) is 0 Å². The van der Waals surface area contributed by atoms with Crippen LogP contribution in [0.1, 0.15) is 38.4 Å². The minimum Gasteiger partial charge on any atom is -0.335 e. The molecule has 16 heavy (non-hydrogen) atoms. The van der Waals surface area contributed by atoms with Crippen LogP contribution in [0.5, 0.6) is 0 Å². The topological polar surface area (TPSA) is 61.2 Å². The first-order valence-electron chi connectivity index (χ1n) is 5.42. The number of fused-ring (bicyclic) bond motifs is 1. The van der Waals surface area contributed by atoms with Crippen molar-refractivity contribution >= 4 is 10.9 Å². The van der Waals surface area contributed by atoms with E-state index in [2.05, 4.69) is 0 Å². The maximum atomic E-state index is 11.8. The van der Waals surface area contributed by atoms with Crippen LogP contribution in [0.4, 0.5) is 0 Å². The van der Waals surface area contributed by atoms with Crippen molar-refractivity contribution in [2.24, 2.45) is 5.73 Å². The molecule has 1 heterocycles. The van der Waals surface area contributed by atoms with E-state index in [1.165, 1.54) is 0 Å². The summed E-state index contributed by atoms with van der Waals surface area (Å²) < 4.78 is 6.85. The molecular weight excluding hydrogens is 204 g/mol. The van der Waals surface area contributed by atoms with E-state index in [1.54, 1.807) is 4.74 Å². The summed E-state index contributed by atoms with van der Waals surface area (Å²) in [6, 6.07) is 5.60. The van der Waals surface area contributed by atoms with Crippen molar-refractivity contribution < 1.29 is 4.52 Å². The third-order valence-electron chi connectivity index (χ3n) is 2.66. The van der Waals surface area contributed by atoms with Gasteiger partial charge in [0.1, 0.15) is 0 Å². The van der Waals surface area contributed by atoms with Gasteiger partial charge in [0, 0.05) is 6.04 Å². The molecule has 0 fully saturated rings. The van der Waals surface area contributed by atoms with Crippen LogP contribution < -0.4 is 11.4 Å². The van der Waals surface area contributed by atoms with E-state index < -0.39 is 0 Å². The molecule has 1 aromatic heterocycles. The molecule has 86 valence electrons. The van der Waals surface area contributed by atoms with Gasteiger partial charge in [-0.2, -0.15) is 0 Å². The van der Waals surface area contributed by atoms with Crippen molar-refractivity contribution in [2.45, 2.75) is 32.9 Å². The predicted octanol–water partition coefficient (Wildman–Crippen LogP) is 2.20. The SMILES string of the molecule is CC(N)c1cccc2c1c(=O)on2C(C)C. The minimum absolute atomic E-state index is 0.119. The van der Waals surface area contributed by atoms with Crippen LogP contribution in [-0.4, -0.2) is 4.74 Å². The van der Waals surface area contributed by atoms with Gasteiger partial charge < -0.3 is 10.3 Å². The minimum atomic E-state index is -0.309. The molecule has 0 saturated heterocycles. The second-order valence-electron chi connectivity index (χ2n) is 4.33. The number of rotatable bonds is 2. The number of hydrogen-bond donors (Lipinski definition) is 1. The molecule has 1 unspecified atom stereocenters. The van der Waals surface area contributed by atoms with E-state index in [1.807, 2.05) is 39.0 Å². The standard InChI is InChI=1S/C12H16N2O2/c1-7(2)14-10-6-4-5-9(8(3)13)11(10)12(15)16-14/h4-8H,13H2,1-3H3. The summed E-state index contributed by atoms with van der Waals surface area (Å²) in [5, 5.41) is 0.603. The highest BCUT2D eigenvalue weighted by atomic mass is 16.5. The lowest BCUT2D eigenvalue weighted by atomic mass is 10.0. The van der Waals surface area contributed by atoms with Crippen LogP contribution in [0.2, 0.25) is 0 Å². The van der Waals surface area contributed by atoms with E-state index in [9.17, 15) is 4.79 Å². The van der Waals surface area contributed by atoms with Gasteiger partial charge in [0.25, 0.3) is 0 Å². The number of aromatic nitrogens is 1. The summed E-state index contributed by atoms with van der Waals surface area (Å²) in [6.45, 7) is 5.81. The smallest absolute Gasteiger partial charge is 0.335 e. The fourth-order valence-corrected chi connectivity index (χ4v) is 1.91. The van der Waals surface area contributed by atoms with Gasteiger partial charge in [-0.15, -0.1) is 0 Å². The van der Waals surface area contributed by atoms with Gasteiger partial charge >= 0.3 is 5.63 Å². The molecule has 2 N–H and O–H groups in total. The van der Waals surface area contributed by atoms with E-state index >= 15 is 0 Å². The Bertz CT molecular complexity index is 564. The largest absolute Gasteiger partial charge is 0.365 e. The molecule has 0 aliphatic carbocycles. The van der Waals surface area contributed by atoms with Crippen LogP contribution in [0, 0.1) is 0 Å². The van der Waals surface area contributed by atoms with E-state index in [0.717, 1.165) is 11.1 Å². The maximum absolute atomic E-state index is 11.8. The predicted molar refractivity (Wildman–Crippen MR) is 63.5 cm³/mol. The Kier molecular flexibility index (Phi) is 2.59. The first-order chi connectivity index (χ1) is 7.52. The van der Waals surface area contributed by atoms with Crippen molar-refractivity contribution in [1.82, 2.24) is 4.74 Å². The van der Waals surface area contributed by atoms with Crippen molar-refractivity contribution in [3.05, 3.63) is 34.2 Å². The number of benzene rings is 1. The highest BCUT2D eigenvalue weighted by Gasteiger charge is 2.16. The molecule has 0 aliphatic rings. The monoisotopic (exact) mass is 220 g/mol. The molecule has 1 atom stereocenters. The van der Waals surface area contributed by atoms with Crippen LogP contribution in [0.25, 0.3) is 10.9 Å². The zero-order valence-corrected chi connectivity index (χ0v) is 9.73. The van der Waals surface area contributed by atoms with Gasteiger partial charge in [0.15, 0.2) is 0 Å². The Morgan fingerprint density at radius 1 is 1.31 bits per heavy atom. The van der Waals surface area contributed by atoms with Gasteiger partial charge in [-0.05, 0) is 32.4 Å². The summed E-state index contributed by atoms with van der Waals surface area (Å²) in [6.07, 6.45) is 0. The lowest BCUT2D eigenvalue weighted by molar-refractivity contribution is 0.234. The van der Waals surface area contributed by atoms with Crippen LogP contribution in [0.3, 0.4) is 0 Å². The van der Waals surface area contributed by atoms with Gasteiger partial charge in [-0.25, -0.2) is 9.53 Å². The Morgan fingerprint density at radius 2 is 2.00 bits per heavy atom. The molecule has 4 heteroatoms. The number of hydrogen-bond acceptors (Lipinski definition) is 3. The normalized spacial score (nSPS) is 13.6. The summed E-state index contributed by atoms with van der Waals surface area (Å²) in [7, 11) is 0. The molecule has 0 amide bonds. The average Bonchev–Trinajstić information content (AvgIpc) is 2.56. The maximum Gasteiger partial charge on any atom is 0.365 e. The molecule has 2 rings (SSSR count). The van der Waals surface area contributed by atoms with Crippen LogP contribution >= 0.6 is 0 Å². The quantitative estimate of drug-likeness (QED) is 0.843. The third-order valence-corrected chi connectivity index (χ3v) is 2.66. The summed E-state index contributed by atoms with van der Waals surface area (Å²) >= 11 is 0. The van der Waals surface area contributed by atoms with Crippen LogP contribution in [-0.2, 0) is 0 Å². The molecule has 1 aromatic carbocycles. The van der Waals surface area contributed by atoms with Crippen molar-refractivity contribution in [1.29, 1.82) is 0 Å². The molecule has 0 radical (unpaired) electrons. The Balaban J connectivity index is 2.85. The second-order valence-corrected chi connectivity index (χ2v) is 4.33. The molecule has 0 aliphatic heterocycles. The summed E-state index contributed by atoms with van der Waals surface area (Å²) in [5.74, 6) is 0. The molecule has 0 spiro atoms. The zero-order valence-electron chi connectivity index (χ0n) is 9.73. The Morgan fingerprint density at radius 3 is 2.56 bits per heavy atom. The molecule has 4 nitrogen and oxygen atoms in total. The molecule has 0 saturated carbocycles. The first-order valence-corrected chi connectivity index (χ1v) is 5.42. The van der Waals surface area contributed by atoms with Gasteiger partial charge in [0.05, 0.1) is 16.9 Å². The molecule has 0 bridgehead atoms. The Hall–Kier alpha value is -1.55. The van der Waals surface area contributed by atoms with E-state index in [4.69, 9.17) is 10.3 Å². The molecular formula is C12H16N2O2. The lowest BCUT2D eigenvalue weighted by Gasteiger charge is -2.08. The van der Waals surface area contributed by atoms with Crippen LogP contribution in [0.15, 0.2) is 27.5 Å².